The van der Waals surface area contributed by atoms with E-state index in [0.29, 0.717) is 71.2 Å². The van der Waals surface area contributed by atoms with Crippen LogP contribution < -0.4 is 25.2 Å². The number of hydrogen-bond acceptors (Lipinski definition) is 10. The summed E-state index contributed by atoms with van der Waals surface area (Å²) in [5.74, 6) is -0.436. The maximum Gasteiger partial charge on any atom is 0.401 e. The average molecular weight is 717 g/mol. The Balaban J connectivity index is 1.32. The highest BCUT2D eigenvalue weighted by Crippen LogP contribution is 2.52. The number of likely N-dealkylation sites (tertiary alicyclic amines) is 1. The number of alkyl halides is 3. The highest BCUT2D eigenvalue weighted by molar-refractivity contribution is 7.98. The van der Waals surface area contributed by atoms with Gasteiger partial charge in [0, 0.05) is 83.3 Å². The molecule has 2 saturated heterocycles. The van der Waals surface area contributed by atoms with E-state index in [0.717, 1.165) is 10.6 Å². The van der Waals surface area contributed by atoms with E-state index in [4.69, 9.17) is 14.2 Å². The van der Waals surface area contributed by atoms with Gasteiger partial charge in [0.05, 0.1) is 18.8 Å². The van der Waals surface area contributed by atoms with Gasteiger partial charge in [-0.3, -0.25) is 14.5 Å². The van der Waals surface area contributed by atoms with Crippen LogP contribution in [0.25, 0.3) is 11.1 Å². The third-order valence-electron chi connectivity index (χ3n) is 9.60. The predicted molar refractivity (Wildman–Crippen MR) is 184 cm³/mol. The van der Waals surface area contributed by atoms with Crippen LogP contribution >= 0.6 is 11.8 Å². The number of aryl methyl sites for hydroxylation is 1. The summed E-state index contributed by atoms with van der Waals surface area (Å²) < 4.78 is 58.3. The van der Waals surface area contributed by atoms with Gasteiger partial charge in [-0.05, 0) is 72.0 Å². The highest BCUT2D eigenvalue weighted by atomic mass is 32.2. The van der Waals surface area contributed by atoms with Crippen molar-refractivity contribution in [3.63, 3.8) is 0 Å². The lowest BCUT2D eigenvalue weighted by Gasteiger charge is -2.39. The van der Waals surface area contributed by atoms with Gasteiger partial charge in [0.2, 0.25) is 5.95 Å². The first-order valence-electron chi connectivity index (χ1n) is 16.8. The summed E-state index contributed by atoms with van der Waals surface area (Å²) >= 11 is 1.43. The summed E-state index contributed by atoms with van der Waals surface area (Å²) in [6, 6.07) is 3.59. The van der Waals surface area contributed by atoms with Gasteiger partial charge in [0.15, 0.2) is 11.5 Å². The van der Waals surface area contributed by atoms with Crippen LogP contribution in [0.3, 0.4) is 0 Å². The topological polar surface area (TPSA) is 122 Å². The molecule has 15 heteroatoms. The second-order valence-electron chi connectivity index (χ2n) is 13.6. The number of pyridine rings is 1. The Hall–Kier alpha value is -3.82. The molecule has 2 fully saturated rings. The predicted octanol–water partition coefficient (Wildman–Crippen LogP) is 5.48. The number of amides is 1. The van der Waals surface area contributed by atoms with Crippen molar-refractivity contribution in [3.8, 4) is 22.6 Å². The molecule has 3 aromatic rings. The van der Waals surface area contributed by atoms with E-state index in [1.54, 1.807) is 39.2 Å². The molecule has 0 radical (unpaired) electrons. The van der Waals surface area contributed by atoms with Crippen LogP contribution in [-0.2, 0) is 11.3 Å². The van der Waals surface area contributed by atoms with Gasteiger partial charge in [0.1, 0.15) is 0 Å². The number of aromatic amines is 1. The first-order valence-corrected chi connectivity index (χ1v) is 18.0. The molecule has 0 bridgehead atoms. The molecule has 0 aliphatic carbocycles. The molecule has 3 aliphatic heterocycles. The van der Waals surface area contributed by atoms with Crippen molar-refractivity contribution < 1.29 is 32.2 Å². The molecule has 50 heavy (non-hydrogen) atoms. The van der Waals surface area contributed by atoms with Crippen molar-refractivity contribution >= 4 is 23.6 Å². The standard InChI is InChI=1S/C35H43F3N6O5S/c1-19-11-28(50-6)27(32(46)42-19)15-39-31(45)25-12-26(23-13-40-33(41-14-23)44-16-20(2)47-21(3)17-44)30-29(22(25)4)48-34(5,49-30)24-7-9-43(10-8-24)18-35(36,37)38/h11-14,20-21,24H,7-10,15-18H2,1-6H3,(H,39,45)(H,42,46). The van der Waals surface area contributed by atoms with Crippen LogP contribution in [0.2, 0.25) is 0 Å². The van der Waals surface area contributed by atoms with Crippen molar-refractivity contribution in [2.24, 2.45) is 5.92 Å². The van der Waals surface area contributed by atoms with Gasteiger partial charge in [-0.25, -0.2) is 9.97 Å². The molecule has 1 amide bonds. The zero-order valence-electron chi connectivity index (χ0n) is 29.1. The molecule has 6 rings (SSSR count). The van der Waals surface area contributed by atoms with Crippen LogP contribution in [-0.4, -0.2) is 88.9 Å². The van der Waals surface area contributed by atoms with E-state index >= 15 is 0 Å². The van der Waals surface area contributed by atoms with Crippen LogP contribution in [0.1, 0.15) is 60.8 Å². The van der Waals surface area contributed by atoms with Gasteiger partial charge in [-0.2, -0.15) is 13.2 Å². The Morgan fingerprint density at radius 1 is 1.08 bits per heavy atom. The number of carbonyl (C=O) groups is 1. The number of nitrogens with one attached hydrogen (secondary N) is 2. The molecule has 5 heterocycles. The second-order valence-corrected chi connectivity index (χ2v) is 14.4. The Morgan fingerprint density at radius 3 is 2.34 bits per heavy atom. The Bertz CT molecular complexity index is 1790. The molecule has 0 spiro atoms. The number of benzene rings is 1. The van der Waals surface area contributed by atoms with Crippen LogP contribution in [0.4, 0.5) is 19.1 Å². The molecule has 3 aliphatic rings. The Kier molecular flexibility index (Phi) is 10.1. The summed E-state index contributed by atoms with van der Waals surface area (Å²) in [4.78, 5) is 43.0. The molecule has 11 nitrogen and oxygen atoms in total. The SMILES string of the molecule is CSc1cc(C)[nH]c(=O)c1CNC(=O)c1cc(-c2cnc(N3CC(C)OC(C)C3)nc2)c2c(c1C)OC(C)(C1CCN(CC(F)(F)F)CC1)O2. The summed E-state index contributed by atoms with van der Waals surface area (Å²) in [6.07, 6.45) is 1.91. The van der Waals surface area contributed by atoms with Gasteiger partial charge in [0.25, 0.3) is 17.3 Å². The lowest BCUT2D eigenvalue weighted by Crippen LogP contribution is -2.49. The van der Waals surface area contributed by atoms with Gasteiger partial charge < -0.3 is 29.4 Å². The van der Waals surface area contributed by atoms with Crippen LogP contribution in [0, 0.1) is 19.8 Å². The Morgan fingerprint density at radius 2 is 1.72 bits per heavy atom. The summed E-state index contributed by atoms with van der Waals surface area (Å²) in [5, 5.41) is 2.91. The van der Waals surface area contributed by atoms with Gasteiger partial charge >= 0.3 is 6.18 Å². The number of halogens is 3. The molecule has 2 aromatic heterocycles. The summed E-state index contributed by atoms with van der Waals surface area (Å²) in [7, 11) is 0. The first-order chi connectivity index (χ1) is 23.6. The number of anilines is 1. The monoisotopic (exact) mass is 716 g/mol. The number of morpholine rings is 1. The van der Waals surface area contributed by atoms with Crippen LogP contribution in [0.5, 0.6) is 11.5 Å². The fraction of sp³-hybridized carbons (Fsp3) is 0.543. The molecule has 3 atom stereocenters. The number of hydrogen-bond donors (Lipinski definition) is 2. The van der Waals surface area contributed by atoms with Crippen molar-refractivity contribution in [1.82, 2.24) is 25.2 Å². The third kappa shape index (κ3) is 7.59. The quantitative estimate of drug-likeness (QED) is 0.290. The summed E-state index contributed by atoms with van der Waals surface area (Å²) in [6.45, 7) is 10.2. The molecule has 0 saturated carbocycles. The fourth-order valence-corrected chi connectivity index (χ4v) is 7.84. The number of ether oxygens (including phenoxy) is 3. The van der Waals surface area contributed by atoms with Gasteiger partial charge in [-0.1, -0.05) is 0 Å². The van der Waals surface area contributed by atoms with Crippen molar-refractivity contribution in [3.05, 3.63) is 57.3 Å². The smallest absolute Gasteiger partial charge is 0.401 e. The fourth-order valence-electron chi connectivity index (χ4n) is 7.13. The maximum atomic E-state index is 13.9. The number of aromatic nitrogens is 3. The maximum absolute atomic E-state index is 13.9. The highest BCUT2D eigenvalue weighted by Gasteiger charge is 2.48. The van der Waals surface area contributed by atoms with Crippen molar-refractivity contribution in [2.45, 2.75) is 83.1 Å². The molecule has 3 unspecified atom stereocenters. The number of thioether (sulfide) groups is 1. The van der Waals surface area contributed by atoms with Crippen LogP contribution in [0.15, 0.2) is 34.2 Å². The van der Waals surface area contributed by atoms with E-state index in [9.17, 15) is 22.8 Å². The second kappa shape index (κ2) is 14.1. The number of piperidine rings is 1. The van der Waals surface area contributed by atoms with E-state index in [1.807, 2.05) is 26.2 Å². The van der Waals surface area contributed by atoms with E-state index < -0.39 is 24.4 Å². The zero-order valence-corrected chi connectivity index (χ0v) is 29.9. The molecular formula is C35H43F3N6O5S. The molecular weight excluding hydrogens is 673 g/mol. The zero-order chi connectivity index (χ0) is 36.0. The van der Waals surface area contributed by atoms with E-state index in [1.165, 1.54) is 16.7 Å². The van der Waals surface area contributed by atoms with Crippen molar-refractivity contribution in [2.75, 3.05) is 43.9 Å². The van der Waals surface area contributed by atoms with Gasteiger partial charge in [-0.15, -0.1) is 11.8 Å². The van der Waals surface area contributed by atoms with E-state index in [2.05, 4.69) is 25.2 Å². The minimum Gasteiger partial charge on any atom is -0.448 e. The average Bonchev–Trinajstić information content (AvgIpc) is 3.42. The minimum absolute atomic E-state index is 0.0102. The number of nitrogens with zero attached hydrogens (tertiary/aromatic N) is 4. The first kappa shape index (κ1) is 36.0. The number of carbonyl (C=O) groups excluding carboxylic acids is 1. The normalized spacial score (nSPS) is 22.9. The molecule has 270 valence electrons. The van der Waals surface area contributed by atoms with Crippen molar-refractivity contribution in [1.29, 1.82) is 0 Å². The lowest BCUT2D eigenvalue weighted by molar-refractivity contribution is -0.159. The summed E-state index contributed by atoms with van der Waals surface area (Å²) in [5.41, 5.74) is 2.91. The third-order valence-corrected chi connectivity index (χ3v) is 10.4. The molecule has 2 N–H and O–H groups in total. The number of H-pyrrole nitrogens is 1. The minimum atomic E-state index is -4.27. The van der Waals surface area contributed by atoms with E-state index in [-0.39, 0.29) is 43.3 Å². The number of rotatable bonds is 8. The number of fused-ring (bicyclic) bond motifs is 1. The Labute approximate surface area is 293 Å². The largest absolute Gasteiger partial charge is 0.448 e. The molecule has 1 aromatic carbocycles. The lowest BCUT2D eigenvalue weighted by atomic mass is 9.89.